The number of hydrogen-bond acceptors (Lipinski definition) is 4. The maximum atomic E-state index is 13.2. The van der Waals surface area contributed by atoms with E-state index in [1.807, 2.05) is 27.7 Å². The van der Waals surface area contributed by atoms with Crippen LogP contribution in [0.15, 0.2) is 35.0 Å². The Morgan fingerprint density at radius 2 is 1.72 bits per heavy atom. The molecule has 2 atom stereocenters. The van der Waals surface area contributed by atoms with Gasteiger partial charge in [-0.25, -0.2) is 0 Å². The fraction of sp³-hybridized carbons (Fsp3) is 0.421. The van der Waals surface area contributed by atoms with E-state index in [0.29, 0.717) is 26.9 Å². The number of benzene rings is 1. The number of hydrogen-bond donors (Lipinski definition) is 0. The zero-order valence-electron chi connectivity index (χ0n) is 14.5. The molecule has 0 saturated carbocycles. The van der Waals surface area contributed by atoms with Crippen LogP contribution in [0.1, 0.15) is 33.3 Å². The monoisotopic (exact) mass is 379 g/mol. The minimum Gasteiger partial charge on any atom is -0.379 e. The fourth-order valence-corrected chi connectivity index (χ4v) is 4.13. The van der Waals surface area contributed by atoms with E-state index in [1.165, 1.54) is 6.08 Å². The van der Waals surface area contributed by atoms with Crippen LogP contribution in [0.2, 0.25) is 10.0 Å². The van der Waals surface area contributed by atoms with Gasteiger partial charge in [0.15, 0.2) is 5.78 Å². The van der Waals surface area contributed by atoms with Crippen LogP contribution in [0.25, 0.3) is 0 Å². The molecule has 2 unspecified atom stereocenters. The highest BCUT2D eigenvalue weighted by molar-refractivity contribution is 6.42. The van der Waals surface area contributed by atoms with E-state index >= 15 is 0 Å². The Hall–Kier alpha value is -1.65. The molecular formula is C19H19Cl2NO3. The average molecular weight is 380 g/mol. The van der Waals surface area contributed by atoms with Gasteiger partial charge in [-0.05, 0) is 24.1 Å². The van der Waals surface area contributed by atoms with Crippen molar-refractivity contribution < 1.29 is 14.4 Å². The highest BCUT2D eigenvalue weighted by Crippen LogP contribution is 2.46. The molecule has 25 heavy (non-hydrogen) atoms. The summed E-state index contributed by atoms with van der Waals surface area (Å²) in [7, 11) is 0. The van der Waals surface area contributed by atoms with Crippen LogP contribution in [0.4, 0.5) is 0 Å². The Morgan fingerprint density at radius 3 is 2.24 bits per heavy atom. The van der Waals surface area contributed by atoms with Crippen molar-refractivity contribution in [1.82, 2.24) is 0 Å². The first-order chi connectivity index (χ1) is 11.7. The quantitative estimate of drug-likeness (QED) is 0.777. The van der Waals surface area contributed by atoms with Crippen molar-refractivity contribution in [2.45, 2.75) is 33.3 Å². The summed E-state index contributed by atoms with van der Waals surface area (Å²) in [6.07, 6.45) is 1.41. The molecule has 6 heteroatoms. The number of allylic oxidation sites excluding steroid dienone is 1. The predicted octanol–water partition coefficient (Wildman–Crippen LogP) is 4.47. The van der Waals surface area contributed by atoms with Gasteiger partial charge in [-0.1, -0.05) is 62.1 Å². The third-order valence-electron chi connectivity index (χ3n) is 4.91. The molecule has 0 saturated heterocycles. The van der Waals surface area contributed by atoms with Crippen molar-refractivity contribution in [3.63, 3.8) is 0 Å². The van der Waals surface area contributed by atoms with E-state index in [1.54, 1.807) is 18.2 Å². The number of oxime groups is 1. The second-order valence-electron chi connectivity index (χ2n) is 7.03. The van der Waals surface area contributed by atoms with Gasteiger partial charge in [-0.2, -0.15) is 0 Å². The highest BCUT2D eigenvalue weighted by Gasteiger charge is 2.62. The first-order valence-electron chi connectivity index (χ1n) is 8.22. The van der Waals surface area contributed by atoms with Gasteiger partial charge >= 0.3 is 0 Å². The summed E-state index contributed by atoms with van der Waals surface area (Å²) < 4.78 is 0. The molecule has 0 fully saturated rings. The molecule has 1 heterocycles. The molecular weight excluding hydrogens is 361 g/mol. The minimum absolute atomic E-state index is 0.0785. The van der Waals surface area contributed by atoms with Gasteiger partial charge in [-0.15, -0.1) is 0 Å². The largest absolute Gasteiger partial charge is 0.379 e. The summed E-state index contributed by atoms with van der Waals surface area (Å²) in [5.74, 6) is -1.57. The van der Waals surface area contributed by atoms with Crippen molar-refractivity contribution >= 4 is 40.5 Å². The predicted molar refractivity (Wildman–Crippen MR) is 98.1 cm³/mol. The lowest BCUT2D eigenvalue weighted by Crippen LogP contribution is -2.56. The summed E-state index contributed by atoms with van der Waals surface area (Å²) >= 11 is 12.6. The molecule has 0 bridgehead atoms. The number of nitrogens with zero attached hydrogens (tertiary/aromatic N) is 1. The van der Waals surface area contributed by atoms with E-state index in [2.05, 4.69) is 5.16 Å². The van der Waals surface area contributed by atoms with Crippen LogP contribution >= 0.6 is 23.2 Å². The minimum atomic E-state index is -1.34. The molecule has 1 aromatic carbocycles. The zero-order valence-corrected chi connectivity index (χ0v) is 16.0. The van der Waals surface area contributed by atoms with Crippen molar-refractivity contribution in [3.8, 4) is 0 Å². The molecule has 1 aromatic rings. The first kappa shape index (κ1) is 18.2. The number of Topliss-reactive ketones (excluding diaryl/α,β-unsaturated/α-hetero) is 1. The van der Waals surface area contributed by atoms with E-state index in [0.717, 1.165) is 0 Å². The summed E-state index contributed by atoms with van der Waals surface area (Å²) in [5, 5.41) is 4.87. The first-order valence-corrected chi connectivity index (χ1v) is 8.98. The number of carbonyl (C=O) groups is 2. The lowest BCUT2D eigenvalue weighted by molar-refractivity contribution is -0.154. The van der Waals surface area contributed by atoms with Crippen LogP contribution in [0, 0.1) is 17.8 Å². The maximum absolute atomic E-state index is 13.2. The molecule has 0 N–H and O–H groups in total. The molecule has 2 aliphatic rings. The topological polar surface area (TPSA) is 55.7 Å². The van der Waals surface area contributed by atoms with Gasteiger partial charge in [0, 0.05) is 17.1 Å². The molecule has 3 rings (SSSR count). The maximum Gasteiger partial charge on any atom is 0.217 e. The summed E-state index contributed by atoms with van der Waals surface area (Å²) in [5.41, 5.74) is -0.0844. The molecule has 4 nitrogen and oxygen atoms in total. The van der Waals surface area contributed by atoms with E-state index in [4.69, 9.17) is 28.0 Å². The lowest BCUT2D eigenvalue weighted by atomic mass is 9.65. The summed E-state index contributed by atoms with van der Waals surface area (Å²) in [6, 6.07) is 5.07. The second kappa shape index (κ2) is 6.26. The highest BCUT2D eigenvalue weighted by atomic mass is 35.5. The zero-order chi connectivity index (χ0) is 18.5. The van der Waals surface area contributed by atoms with Gasteiger partial charge in [0.2, 0.25) is 11.4 Å². The van der Waals surface area contributed by atoms with Gasteiger partial charge < -0.3 is 4.84 Å². The van der Waals surface area contributed by atoms with Crippen molar-refractivity contribution in [2.75, 3.05) is 0 Å². The fourth-order valence-electron chi connectivity index (χ4n) is 3.54. The summed E-state index contributed by atoms with van der Waals surface area (Å²) in [4.78, 5) is 31.8. The van der Waals surface area contributed by atoms with Crippen LogP contribution in [-0.2, 0) is 14.4 Å². The van der Waals surface area contributed by atoms with Gasteiger partial charge in [0.25, 0.3) is 0 Å². The smallest absolute Gasteiger partial charge is 0.217 e. The number of ketones is 2. The lowest BCUT2D eigenvalue weighted by Gasteiger charge is -2.37. The Balaban J connectivity index is 2.22. The summed E-state index contributed by atoms with van der Waals surface area (Å²) in [6.45, 7) is 7.46. The molecule has 0 amide bonds. The normalized spacial score (nSPS) is 25.8. The third kappa shape index (κ3) is 2.54. The number of rotatable bonds is 3. The molecule has 0 spiro atoms. The van der Waals surface area contributed by atoms with Crippen LogP contribution in [0.3, 0.4) is 0 Å². The van der Waals surface area contributed by atoms with Gasteiger partial charge in [0.1, 0.15) is 11.6 Å². The third-order valence-corrected chi connectivity index (χ3v) is 5.54. The molecule has 0 radical (unpaired) electrons. The van der Waals surface area contributed by atoms with Crippen LogP contribution < -0.4 is 0 Å². The van der Waals surface area contributed by atoms with E-state index in [-0.39, 0.29) is 23.4 Å². The Kier molecular flexibility index (Phi) is 4.54. The Bertz CT molecular complexity index is 806. The van der Waals surface area contributed by atoms with Crippen molar-refractivity contribution in [3.05, 3.63) is 45.5 Å². The second-order valence-corrected chi connectivity index (χ2v) is 7.84. The van der Waals surface area contributed by atoms with Gasteiger partial charge in [0.05, 0.1) is 10.0 Å². The van der Waals surface area contributed by atoms with Crippen molar-refractivity contribution in [2.24, 2.45) is 22.9 Å². The standard InChI is InChI=1S/C19H19Cl2NO3/c1-9(2)11-8-14(23)19(10(3)4)16(18(11)24)17(22-25-19)15-12(20)6-5-7-13(15)21/h5-10,16H,1-4H3. The van der Waals surface area contributed by atoms with Crippen LogP contribution in [0.5, 0.6) is 0 Å². The number of carbonyl (C=O) groups excluding carboxylic acids is 2. The Labute approximate surface area is 156 Å². The average Bonchev–Trinajstić information content (AvgIpc) is 2.92. The molecule has 1 aliphatic heterocycles. The van der Waals surface area contributed by atoms with Crippen molar-refractivity contribution in [1.29, 1.82) is 0 Å². The number of fused-ring (bicyclic) bond motifs is 1. The van der Waals surface area contributed by atoms with E-state index < -0.39 is 11.5 Å². The van der Waals surface area contributed by atoms with E-state index in [9.17, 15) is 9.59 Å². The Morgan fingerprint density at radius 1 is 1.12 bits per heavy atom. The molecule has 132 valence electrons. The SMILES string of the molecule is CC(C)C1=CC(=O)C2(C(C)C)ON=C(c3c(Cl)cccc3Cl)C2C1=O. The number of halogens is 2. The van der Waals surface area contributed by atoms with Gasteiger partial charge in [-0.3, -0.25) is 9.59 Å². The molecule has 0 aromatic heterocycles. The molecule has 1 aliphatic carbocycles. The van der Waals surface area contributed by atoms with Crippen LogP contribution in [-0.4, -0.2) is 22.9 Å².